The highest BCUT2D eigenvalue weighted by atomic mass is 79.9. The first kappa shape index (κ1) is 12.0. The van der Waals surface area contributed by atoms with Crippen LogP contribution in [0, 0.1) is 5.41 Å². The minimum atomic E-state index is -0.379. The van der Waals surface area contributed by atoms with Crippen LogP contribution >= 0.6 is 15.9 Å². The van der Waals surface area contributed by atoms with Gasteiger partial charge in [0.2, 0.25) is 5.88 Å². The third-order valence-electron chi connectivity index (χ3n) is 3.76. The van der Waals surface area contributed by atoms with E-state index in [1.54, 1.807) is 11.6 Å². The number of ether oxygens (including phenoxy) is 2. The molecule has 1 aliphatic carbocycles. The second kappa shape index (κ2) is 4.26. The van der Waals surface area contributed by atoms with E-state index in [2.05, 4.69) is 21.0 Å². The molecule has 2 heterocycles. The SMILES string of the molecule is CCOC(=O)c1c(Br)nn2c1OCC1(CCC1)C2. The summed E-state index contributed by atoms with van der Waals surface area (Å²) in [5.74, 6) is 0.160. The number of hydrogen-bond donors (Lipinski definition) is 0. The van der Waals surface area contributed by atoms with Gasteiger partial charge >= 0.3 is 5.97 Å². The maximum absolute atomic E-state index is 11.9. The van der Waals surface area contributed by atoms with Crippen LogP contribution in [0.25, 0.3) is 0 Å². The summed E-state index contributed by atoms with van der Waals surface area (Å²) in [5, 5.41) is 4.34. The second-order valence-corrected chi connectivity index (χ2v) is 5.74. The predicted octanol–water partition coefficient (Wildman–Crippen LogP) is 2.39. The molecule has 0 saturated heterocycles. The number of halogens is 1. The Bertz CT molecular complexity index is 494. The van der Waals surface area contributed by atoms with Gasteiger partial charge in [0.25, 0.3) is 0 Å². The zero-order valence-electron chi connectivity index (χ0n) is 10.2. The van der Waals surface area contributed by atoms with Gasteiger partial charge in [0.1, 0.15) is 4.60 Å². The molecular weight excluding hydrogens is 300 g/mol. The molecule has 0 amide bonds. The normalized spacial score (nSPS) is 19.9. The summed E-state index contributed by atoms with van der Waals surface area (Å²) in [4.78, 5) is 11.9. The number of aromatic nitrogens is 2. The molecule has 5 nitrogen and oxygen atoms in total. The van der Waals surface area contributed by atoms with Crippen LogP contribution < -0.4 is 4.74 Å². The molecule has 18 heavy (non-hydrogen) atoms. The number of carbonyl (C=O) groups is 1. The largest absolute Gasteiger partial charge is 0.477 e. The van der Waals surface area contributed by atoms with Crippen molar-refractivity contribution >= 4 is 21.9 Å². The highest BCUT2D eigenvalue weighted by molar-refractivity contribution is 9.10. The fourth-order valence-electron chi connectivity index (χ4n) is 2.61. The minimum Gasteiger partial charge on any atom is -0.477 e. The van der Waals surface area contributed by atoms with Crippen molar-refractivity contribution < 1.29 is 14.3 Å². The van der Waals surface area contributed by atoms with Gasteiger partial charge in [-0.2, -0.15) is 5.10 Å². The molecule has 1 spiro atoms. The van der Waals surface area contributed by atoms with Gasteiger partial charge in [-0.15, -0.1) is 0 Å². The summed E-state index contributed by atoms with van der Waals surface area (Å²) >= 11 is 3.31. The van der Waals surface area contributed by atoms with Crippen molar-refractivity contribution in [1.82, 2.24) is 9.78 Å². The number of rotatable bonds is 2. The molecule has 0 bridgehead atoms. The van der Waals surface area contributed by atoms with E-state index >= 15 is 0 Å². The summed E-state index contributed by atoms with van der Waals surface area (Å²) in [6, 6.07) is 0. The van der Waals surface area contributed by atoms with Crippen LogP contribution in [0.1, 0.15) is 36.5 Å². The van der Waals surface area contributed by atoms with Crippen molar-refractivity contribution in [3.63, 3.8) is 0 Å². The zero-order chi connectivity index (χ0) is 12.8. The van der Waals surface area contributed by atoms with Gasteiger partial charge in [0, 0.05) is 5.41 Å². The minimum absolute atomic E-state index is 0.240. The standard InChI is InChI=1S/C12H15BrN2O3/c1-2-17-11(16)8-9(13)14-15-6-12(4-3-5-12)7-18-10(8)15/h2-7H2,1H3. The average molecular weight is 315 g/mol. The summed E-state index contributed by atoms with van der Waals surface area (Å²) in [6.07, 6.45) is 3.61. The fraction of sp³-hybridized carbons (Fsp3) is 0.667. The lowest BCUT2D eigenvalue weighted by molar-refractivity contribution is 0.000614. The number of fused-ring (bicyclic) bond motifs is 1. The first-order valence-electron chi connectivity index (χ1n) is 6.21. The van der Waals surface area contributed by atoms with E-state index in [1.165, 1.54) is 19.3 Å². The molecule has 1 aliphatic heterocycles. The summed E-state index contributed by atoms with van der Waals surface area (Å²) in [6.45, 7) is 3.64. The van der Waals surface area contributed by atoms with Crippen LogP contribution in [-0.2, 0) is 11.3 Å². The third kappa shape index (κ3) is 1.74. The number of nitrogens with zero attached hydrogens (tertiary/aromatic N) is 2. The van der Waals surface area contributed by atoms with E-state index in [4.69, 9.17) is 9.47 Å². The van der Waals surface area contributed by atoms with E-state index < -0.39 is 0 Å². The van der Waals surface area contributed by atoms with Crippen molar-refractivity contribution in [3.8, 4) is 5.88 Å². The van der Waals surface area contributed by atoms with Crippen molar-refractivity contribution in [2.24, 2.45) is 5.41 Å². The molecule has 0 radical (unpaired) electrons. The van der Waals surface area contributed by atoms with Crippen LogP contribution in [-0.4, -0.2) is 29.0 Å². The fourth-order valence-corrected chi connectivity index (χ4v) is 3.13. The topological polar surface area (TPSA) is 53.3 Å². The molecule has 1 aromatic heterocycles. The third-order valence-corrected chi connectivity index (χ3v) is 4.31. The summed E-state index contributed by atoms with van der Waals surface area (Å²) in [5.41, 5.74) is 0.649. The van der Waals surface area contributed by atoms with E-state index in [0.717, 1.165) is 6.54 Å². The first-order valence-corrected chi connectivity index (χ1v) is 7.01. The molecule has 1 saturated carbocycles. The van der Waals surface area contributed by atoms with Gasteiger partial charge in [-0.25, -0.2) is 9.48 Å². The van der Waals surface area contributed by atoms with Crippen molar-refractivity contribution in [2.45, 2.75) is 32.7 Å². The second-order valence-electron chi connectivity index (χ2n) is 4.99. The van der Waals surface area contributed by atoms with Crippen LogP contribution in [0.4, 0.5) is 0 Å². The Hall–Kier alpha value is -1.04. The molecule has 98 valence electrons. The Morgan fingerprint density at radius 1 is 1.61 bits per heavy atom. The zero-order valence-corrected chi connectivity index (χ0v) is 11.8. The van der Waals surface area contributed by atoms with E-state index in [-0.39, 0.29) is 11.4 Å². The molecule has 0 unspecified atom stereocenters. The molecule has 1 fully saturated rings. The highest BCUT2D eigenvalue weighted by Crippen LogP contribution is 2.46. The highest BCUT2D eigenvalue weighted by Gasteiger charge is 2.43. The Morgan fingerprint density at radius 3 is 3.00 bits per heavy atom. The van der Waals surface area contributed by atoms with Crippen molar-refractivity contribution in [3.05, 3.63) is 10.2 Å². The predicted molar refractivity (Wildman–Crippen MR) is 67.7 cm³/mol. The maximum Gasteiger partial charge on any atom is 0.346 e. The molecule has 3 rings (SSSR count). The molecule has 2 aliphatic rings. The Morgan fingerprint density at radius 2 is 2.39 bits per heavy atom. The first-order chi connectivity index (χ1) is 8.65. The van der Waals surface area contributed by atoms with E-state index in [9.17, 15) is 4.79 Å². The van der Waals surface area contributed by atoms with Crippen LogP contribution in [0.2, 0.25) is 0 Å². The molecule has 0 N–H and O–H groups in total. The van der Waals surface area contributed by atoms with Gasteiger partial charge < -0.3 is 9.47 Å². The lowest BCUT2D eigenvalue weighted by Crippen LogP contribution is -2.43. The number of hydrogen-bond acceptors (Lipinski definition) is 4. The summed E-state index contributed by atoms with van der Waals surface area (Å²) < 4.78 is 13.1. The number of esters is 1. The van der Waals surface area contributed by atoms with Gasteiger partial charge in [-0.3, -0.25) is 0 Å². The number of carbonyl (C=O) groups excluding carboxylic acids is 1. The van der Waals surface area contributed by atoms with Gasteiger partial charge in [0.05, 0.1) is 19.8 Å². The Labute approximate surface area is 114 Å². The van der Waals surface area contributed by atoms with E-state index in [0.29, 0.717) is 29.3 Å². The van der Waals surface area contributed by atoms with Crippen molar-refractivity contribution in [2.75, 3.05) is 13.2 Å². The quantitative estimate of drug-likeness (QED) is 0.786. The smallest absolute Gasteiger partial charge is 0.346 e. The lowest BCUT2D eigenvalue weighted by Gasteiger charge is -2.44. The van der Waals surface area contributed by atoms with Crippen molar-refractivity contribution in [1.29, 1.82) is 0 Å². The molecular formula is C12H15BrN2O3. The van der Waals surface area contributed by atoms with Gasteiger partial charge in [-0.1, -0.05) is 6.42 Å². The van der Waals surface area contributed by atoms with Crippen LogP contribution in [0.15, 0.2) is 4.60 Å². The average Bonchev–Trinajstić information content (AvgIpc) is 2.61. The van der Waals surface area contributed by atoms with E-state index in [1.807, 2.05) is 0 Å². The summed E-state index contributed by atoms with van der Waals surface area (Å²) in [7, 11) is 0. The Kier molecular flexibility index (Phi) is 2.84. The van der Waals surface area contributed by atoms with Crippen LogP contribution in [0.3, 0.4) is 0 Å². The van der Waals surface area contributed by atoms with Crippen LogP contribution in [0.5, 0.6) is 5.88 Å². The molecule has 6 heteroatoms. The molecule has 0 aromatic carbocycles. The Balaban J connectivity index is 1.92. The maximum atomic E-state index is 11.9. The lowest BCUT2D eigenvalue weighted by atomic mass is 9.69. The van der Waals surface area contributed by atoms with Gasteiger partial charge in [-0.05, 0) is 35.7 Å². The van der Waals surface area contributed by atoms with Gasteiger partial charge in [0.15, 0.2) is 5.56 Å². The molecule has 0 atom stereocenters. The monoisotopic (exact) mass is 314 g/mol. The molecule has 1 aromatic rings.